The lowest BCUT2D eigenvalue weighted by molar-refractivity contribution is 0.462. The van der Waals surface area contributed by atoms with Gasteiger partial charge < -0.3 is 10.4 Å². The number of benzene rings is 1. The fourth-order valence-corrected chi connectivity index (χ4v) is 1.67. The van der Waals surface area contributed by atoms with Crippen LogP contribution in [-0.2, 0) is 5.54 Å². The van der Waals surface area contributed by atoms with Crippen molar-refractivity contribution in [2.75, 3.05) is 7.05 Å². The molecule has 1 saturated carbocycles. The molecule has 1 fully saturated rings. The molecule has 0 radical (unpaired) electrons. The van der Waals surface area contributed by atoms with Gasteiger partial charge in [-0.1, -0.05) is 6.07 Å². The van der Waals surface area contributed by atoms with Crippen molar-refractivity contribution in [2.45, 2.75) is 18.4 Å². The molecule has 0 bridgehead atoms. The molecule has 0 atom stereocenters. The monoisotopic (exact) mass is 181 g/mol. The fourth-order valence-electron chi connectivity index (χ4n) is 1.67. The van der Waals surface area contributed by atoms with Gasteiger partial charge >= 0.3 is 0 Å². The van der Waals surface area contributed by atoms with Crippen LogP contribution in [0.3, 0.4) is 0 Å². The number of hydrogen-bond donors (Lipinski definition) is 2. The third kappa shape index (κ3) is 1.29. The maximum atomic E-state index is 13.4. The van der Waals surface area contributed by atoms with Crippen LogP contribution in [0.25, 0.3) is 0 Å². The molecule has 0 heterocycles. The van der Waals surface area contributed by atoms with E-state index in [4.69, 9.17) is 5.11 Å². The Kier molecular flexibility index (Phi) is 1.77. The highest BCUT2D eigenvalue weighted by molar-refractivity contribution is 5.36. The summed E-state index contributed by atoms with van der Waals surface area (Å²) in [7, 11) is 1.83. The van der Waals surface area contributed by atoms with Crippen LogP contribution in [0.1, 0.15) is 18.4 Å². The molecule has 2 rings (SSSR count). The quantitative estimate of drug-likeness (QED) is 0.728. The van der Waals surface area contributed by atoms with E-state index in [0.29, 0.717) is 5.56 Å². The van der Waals surface area contributed by atoms with Crippen molar-refractivity contribution in [3.8, 4) is 5.75 Å². The number of aromatic hydroxyl groups is 1. The summed E-state index contributed by atoms with van der Waals surface area (Å²) < 4.78 is 13.4. The van der Waals surface area contributed by atoms with E-state index in [1.54, 1.807) is 6.07 Å². The van der Waals surface area contributed by atoms with Crippen LogP contribution in [0.5, 0.6) is 5.75 Å². The molecule has 0 saturated heterocycles. The second-order valence-electron chi connectivity index (χ2n) is 3.50. The molecule has 13 heavy (non-hydrogen) atoms. The van der Waals surface area contributed by atoms with Gasteiger partial charge in [-0.05, 0) is 26.0 Å². The van der Waals surface area contributed by atoms with Gasteiger partial charge in [-0.25, -0.2) is 4.39 Å². The van der Waals surface area contributed by atoms with Crippen LogP contribution >= 0.6 is 0 Å². The van der Waals surface area contributed by atoms with Crippen molar-refractivity contribution < 1.29 is 9.50 Å². The average Bonchev–Trinajstić information content (AvgIpc) is 2.85. The third-order valence-corrected chi connectivity index (χ3v) is 2.70. The van der Waals surface area contributed by atoms with Crippen LogP contribution in [-0.4, -0.2) is 12.2 Å². The molecule has 1 aromatic carbocycles. The fraction of sp³-hybridized carbons (Fsp3) is 0.400. The first kappa shape index (κ1) is 8.51. The Bertz CT molecular complexity index is 334. The molecular weight excluding hydrogens is 169 g/mol. The molecule has 0 aromatic heterocycles. The molecule has 3 heteroatoms. The first-order valence-electron chi connectivity index (χ1n) is 4.36. The van der Waals surface area contributed by atoms with E-state index in [0.717, 1.165) is 18.9 Å². The highest BCUT2D eigenvalue weighted by Crippen LogP contribution is 2.46. The Balaban J connectivity index is 2.41. The summed E-state index contributed by atoms with van der Waals surface area (Å²) in [5.41, 5.74) is 0.491. The van der Waals surface area contributed by atoms with Gasteiger partial charge in [0.1, 0.15) is 11.6 Å². The topological polar surface area (TPSA) is 32.3 Å². The molecule has 2 nitrogen and oxygen atoms in total. The van der Waals surface area contributed by atoms with Gasteiger partial charge in [-0.15, -0.1) is 0 Å². The molecular formula is C10H12FNO. The standard InChI is InChI=1S/C10H12FNO/c1-12-10(4-5-10)8-3-2-7(13)6-9(8)11/h2-3,6,12-13H,4-5H2,1H3. The number of phenols is 1. The maximum absolute atomic E-state index is 13.4. The highest BCUT2D eigenvalue weighted by atomic mass is 19.1. The maximum Gasteiger partial charge on any atom is 0.131 e. The lowest BCUT2D eigenvalue weighted by Gasteiger charge is -2.15. The third-order valence-electron chi connectivity index (χ3n) is 2.70. The second-order valence-corrected chi connectivity index (χ2v) is 3.50. The van der Waals surface area contributed by atoms with Gasteiger partial charge in [0.2, 0.25) is 0 Å². The Hall–Kier alpha value is -1.09. The van der Waals surface area contributed by atoms with Crippen molar-refractivity contribution in [1.29, 1.82) is 0 Å². The summed E-state index contributed by atoms with van der Waals surface area (Å²) in [6.07, 6.45) is 1.93. The predicted octanol–water partition coefficient (Wildman–Crippen LogP) is 1.74. The first-order valence-corrected chi connectivity index (χ1v) is 4.36. The minimum absolute atomic E-state index is 0.0202. The summed E-state index contributed by atoms with van der Waals surface area (Å²) >= 11 is 0. The van der Waals surface area contributed by atoms with Crippen LogP contribution in [0, 0.1) is 5.82 Å². The molecule has 0 unspecified atom stereocenters. The zero-order valence-electron chi connectivity index (χ0n) is 7.47. The number of rotatable bonds is 2. The van der Waals surface area contributed by atoms with Crippen LogP contribution in [0.4, 0.5) is 4.39 Å². The number of phenolic OH excluding ortho intramolecular Hbond substituents is 1. The van der Waals surface area contributed by atoms with Crippen molar-refractivity contribution >= 4 is 0 Å². The largest absolute Gasteiger partial charge is 0.508 e. The minimum atomic E-state index is -0.327. The van der Waals surface area contributed by atoms with Crippen molar-refractivity contribution in [3.05, 3.63) is 29.6 Å². The first-order chi connectivity index (χ1) is 6.18. The Labute approximate surface area is 76.4 Å². The van der Waals surface area contributed by atoms with E-state index >= 15 is 0 Å². The average molecular weight is 181 g/mol. The number of nitrogens with one attached hydrogen (secondary N) is 1. The minimum Gasteiger partial charge on any atom is -0.508 e. The van der Waals surface area contributed by atoms with Gasteiger partial charge in [-0.2, -0.15) is 0 Å². The van der Waals surface area contributed by atoms with E-state index in [2.05, 4.69) is 5.32 Å². The Morgan fingerprint density at radius 3 is 2.62 bits per heavy atom. The highest BCUT2D eigenvalue weighted by Gasteiger charge is 2.44. The Morgan fingerprint density at radius 2 is 2.15 bits per heavy atom. The van der Waals surface area contributed by atoms with Crippen molar-refractivity contribution in [3.63, 3.8) is 0 Å². The predicted molar refractivity (Wildman–Crippen MR) is 48.0 cm³/mol. The van der Waals surface area contributed by atoms with Gasteiger partial charge in [0.15, 0.2) is 0 Å². The molecule has 1 aliphatic rings. The molecule has 70 valence electrons. The van der Waals surface area contributed by atoms with Crippen molar-refractivity contribution in [2.24, 2.45) is 0 Å². The lowest BCUT2D eigenvalue weighted by Crippen LogP contribution is -2.25. The summed E-state index contributed by atoms with van der Waals surface area (Å²) in [5, 5.41) is 12.1. The van der Waals surface area contributed by atoms with Crippen LogP contribution in [0.2, 0.25) is 0 Å². The van der Waals surface area contributed by atoms with E-state index in [9.17, 15) is 4.39 Å². The van der Waals surface area contributed by atoms with E-state index < -0.39 is 0 Å². The SMILES string of the molecule is CNC1(c2ccc(O)cc2F)CC1. The zero-order valence-corrected chi connectivity index (χ0v) is 7.47. The van der Waals surface area contributed by atoms with E-state index in [1.807, 2.05) is 7.05 Å². The van der Waals surface area contributed by atoms with Gasteiger partial charge in [-0.3, -0.25) is 0 Å². The Morgan fingerprint density at radius 1 is 1.46 bits per heavy atom. The van der Waals surface area contributed by atoms with Gasteiger partial charge in [0, 0.05) is 17.2 Å². The van der Waals surface area contributed by atoms with Gasteiger partial charge in [0.05, 0.1) is 0 Å². The summed E-state index contributed by atoms with van der Waals surface area (Å²) in [4.78, 5) is 0. The molecule has 0 amide bonds. The molecule has 0 spiro atoms. The molecule has 1 aliphatic carbocycles. The zero-order chi connectivity index (χ0) is 9.47. The molecule has 2 N–H and O–H groups in total. The van der Waals surface area contributed by atoms with Crippen LogP contribution in [0.15, 0.2) is 18.2 Å². The van der Waals surface area contributed by atoms with Crippen molar-refractivity contribution in [1.82, 2.24) is 5.32 Å². The summed E-state index contributed by atoms with van der Waals surface area (Å²) in [6.45, 7) is 0. The normalized spacial score (nSPS) is 18.6. The molecule has 0 aliphatic heterocycles. The number of halogens is 1. The van der Waals surface area contributed by atoms with Gasteiger partial charge in [0.25, 0.3) is 0 Å². The summed E-state index contributed by atoms with van der Waals surface area (Å²) in [6, 6.07) is 4.33. The summed E-state index contributed by atoms with van der Waals surface area (Å²) in [5.74, 6) is -0.347. The molecule has 1 aromatic rings. The van der Waals surface area contributed by atoms with E-state index in [1.165, 1.54) is 6.07 Å². The number of hydrogen-bond acceptors (Lipinski definition) is 2. The second kappa shape index (κ2) is 2.70. The lowest BCUT2D eigenvalue weighted by atomic mass is 10.0. The van der Waals surface area contributed by atoms with Crippen LogP contribution < -0.4 is 5.32 Å². The van der Waals surface area contributed by atoms with E-state index in [-0.39, 0.29) is 17.1 Å². The smallest absolute Gasteiger partial charge is 0.131 e.